The van der Waals surface area contributed by atoms with E-state index < -0.39 is 0 Å². The van der Waals surface area contributed by atoms with Gasteiger partial charge in [-0.2, -0.15) is 0 Å². The van der Waals surface area contributed by atoms with Crippen LogP contribution in [-0.4, -0.2) is 0 Å². The van der Waals surface area contributed by atoms with E-state index in [1.807, 2.05) is 36.4 Å². The number of hydrogen-bond acceptors (Lipinski definition) is 0. The number of benzene rings is 2. The third kappa shape index (κ3) is 1.53. The highest BCUT2D eigenvalue weighted by molar-refractivity contribution is 6.31. The molecule has 0 aliphatic carbocycles. The molecule has 0 saturated heterocycles. The maximum Gasteiger partial charge on any atom is 0.108 e. The summed E-state index contributed by atoms with van der Waals surface area (Å²) in [7, 11) is 0. The Hall–Kier alpha value is -1.05. The molecule has 1 nitrogen and oxygen atoms in total. The van der Waals surface area contributed by atoms with Crippen LogP contribution in [0.2, 0.25) is 5.02 Å². The summed E-state index contributed by atoms with van der Waals surface area (Å²) in [5, 5.41) is 13.5. The Kier molecular flexibility index (Phi) is 2.21. The lowest BCUT2D eigenvalue weighted by Crippen LogP contribution is -1.83. The van der Waals surface area contributed by atoms with Gasteiger partial charge in [0.1, 0.15) is 6.61 Å². The summed E-state index contributed by atoms with van der Waals surface area (Å²) in [6.07, 6.45) is 0. The van der Waals surface area contributed by atoms with Crippen molar-refractivity contribution in [1.29, 1.82) is 0 Å². The third-order valence-electron chi connectivity index (χ3n) is 2.09. The first-order valence-electron chi connectivity index (χ1n) is 4.06. The van der Waals surface area contributed by atoms with Crippen molar-refractivity contribution in [2.45, 2.75) is 6.61 Å². The lowest BCUT2D eigenvalue weighted by Gasteiger charge is -2.02. The van der Waals surface area contributed by atoms with Crippen LogP contribution in [0.25, 0.3) is 10.8 Å². The van der Waals surface area contributed by atoms with Crippen molar-refractivity contribution in [3.05, 3.63) is 47.0 Å². The van der Waals surface area contributed by atoms with Gasteiger partial charge in [0.05, 0.1) is 0 Å². The molecule has 0 unspecified atom stereocenters. The van der Waals surface area contributed by atoms with E-state index >= 15 is 0 Å². The summed E-state index contributed by atoms with van der Waals surface area (Å²) in [6, 6.07) is 11.3. The largest absolute Gasteiger partial charge is 0.232 e. The average molecular weight is 192 g/mol. The minimum atomic E-state index is -0.197. The van der Waals surface area contributed by atoms with Gasteiger partial charge in [0.15, 0.2) is 0 Å². The van der Waals surface area contributed by atoms with Crippen molar-refractivity contribution in [3.8, 4) is 0 Å². The van der Waals surface area contributed by atoms with Crippen molar-refractivity contribution in [2.75, 3.05) is 0 Å². The topological polar surface area (TPSA) is 19.9 Å². The fourth-order valence-corrected chi connectivity index (χ4v) is 1.61. The third-order valence-corrected chi connectivity index (χ3v) is 2.33. The SMILES string of the molecule is [O]Cc1cccc2ccc(Cl)cc12. The first kappa shape index (κ1) is 8.54. The molecule has 2 aromatic rings. The number of fused-ring (bicyclic) bond motifs is 1. The molecule has 0 N–H and O–H groups in total. The van der Waals surface area contributed by atoms with Crippen LogP contribution in [0.5, 0.6) is 0 Å². The van der Waals surface area contributed by atoms with Crippen LogP contribution in [0.3, 0.4) is 0 Å². The Labute approximate surface area is 81.6 Å². The Morgan fingerprint density at radius 1 is 1.15 bits per heavy atom. The summed E-state index contributed by atoms with van der Waals surface area (Å²) in [6.45, 7) is -0.197. The molecule has 2 heteroatoms. The minimum Gasteiger partial charge on any atom is -0.232 e. The lowest BCUT2D eigenvalue weighted by atomic mass is 10.1. The van der Waals surface area contributed by atoms with Gasteiger partial charge < -0.3 is 0 Å². The van der Waals surface area contributed by atoms with Crippen LogP contribution in [0.1, 0.15) is 5.56 Å². The van der Waals surface area contributed by atoms with Gasteiger partial charge in [-0.05, 0) is 28.5 Å². The highest BCUT2D eigenvalue weighted by atomic mass is 35.5. The molecule has 2 aromatic carbocycles. The van der Waals surface area contributed by atoms with Gasteiger partial charge >= 0.3 is 0 Å². The van der Waals surface area contributed by atoms with E-state index in [0.29, 0.717) is 5.02 Å². The predicted octanol–water partition coefficient (Wildman–Crippen LogP) is 3.42. The highest BCUT2D eigenvalue weighted by Gasteiger charge is 2.00. The summed E-state index contributed by atoms with van der Waals surface area (Å²) >= 11 is 5.85. The van der Waals surface area contributed by atoms with Gasteiger partial charge in [-0.1, -0.05) is 35.9 Å². The fraction of sp³-hybridized carbons (Fsp3) is 0.0909. The Morgan fingerprint density at radius 2 is 2.00 bits per heavy atom. The Bertz CT molecular complexity index is 437. The highest BCUT2D eigenvalue weighted by Crippen LogP contribution is 2.22. The van der Waals surface area contributed by atoms with Gasteiger partial charge in [0.2, 0.25) is 0 Å². The molecular formula is C11H8ClO. The molecule has 13 heavy (non-hydrogen) atoms. The van der Waals surface area contributed by atoms with Crippen molar-refractivity contribution >= 4 is 22.4 Å². The standard InChI is InChI=1S/C11H8ClO/c12-10-5-4-8-2-1-3-9(7-13)11(8)6-10/h1-6H,7H2. The monoisotopic (exact) mass is 191 g/mol. The predicted molar refractivity (Wildman–Crippen MR) is 53.3 cm³/mol. The first-order chi connectivity index (χ1) is 6.31. The van der Waals surface area contributed by atoms with Gasteiger partial charge in [-0.15, -0.1) is 0 Å². The minimum absolute atomic E-state index is 0.197. The van der Waals surface area contributed by atoms with E-state index in [1.165, 1.54) is 0 Å². The first-order valence-corrected chi connectivity index (χ1v) is 4.44. The summed E-state index contributed by atoms with van der Waals surface area (Å²) in [5.41, 5.74) is 0.806. The zero-order valence-electron chi connectivity index (χ0n) is 6.96. The van der Waals surface area contributed by atoms with Crippen LogP contribution < -0.4 is 0 Å². The van der Waals surface area contributed by atoms with Crippen molar-refractivity contribution in [2.24, 2.45) is 0 Å². The van der Waals surface area contributed by atoms with Gasteiger partial charge in [-0.25, -0.2) is 5.11 Å². The second-order valence-corrected chi connectivity index (χ2v) is 3.36. The van der Waals surface area contributed by atoms with Crippen molar-refractivity contribution in [1.82, 2.24) is 0 Å². The lowest BCUT2D eigenvalue weighted by molar-refractivity contribution is 0.179. The molecular weight excluding hydrogens is 184 g/mol. The van der Waals surface area contributed by atoms with E-state index in [-0.39, 0.29) is 6.61 Å². The smallest absolute Gasteiger partial charge is 0.108 e. The molecule has 0 aliphatic heterocycles. The molecule has 0 saturated carbocycles. The van der Waals surface area contributed by atoms with Crippen molar-refractivity contribution < 1.29 is 5.11 Å². The molecule has 0 amide bonds. The van der Waals surface area contributed by atoms with E-state index in [9.17, 15) is 5.11 Å². The number of rotatable bonds is 1. The Balaban J connectivity index is 2.79. The normalized spacial score (nSPS) is 10.6. The van der Waals surface area contributed by atoms with Gasteiger partial charge in [0.25, 0.3) is 0 Å². The van der Waals surface area contributed by atoms with Crippen molar-refractivity contribution in [3.63, 3.8) is 0 Å². The molecule has 0 bridgehead atoms. The van der Waals surface area contributed by atoms with Crippen LogP contribution in [0, 0.1) is 0 Å². The summed E-state index contributed by atoms with van der Waals surface area (Å²) in [4.78, 5) is 0. The van der Waals surface area contributed by atoms with Gasteiger partial charge in [0, 0.05) is 5.02 Å². The summed E-state index contributed by atoms with van der Waals surface area (Å²) < 4.78 is 0. The molecule has 0 spiro atoms. The fourth-order valence-electron chi connectivity index (χ4n) is 1.44. The molecule has 0 atom stereocenters. The second-order valence-electron chi connectivity index (χ2n) is 2.93. The van der Waals surface area contributed by atoms with E-state index in [0.717, 1.165) is 16.3 Å². The zero-order chi connectivity index (χ0) is 9.26. The van der Waals surface area contributed by atoms with E-state index in [2.05, 4.69) is 0 Å². The van der Waals surface area contributed by atoms with Gasteiger partial charge in [-0.3, -0.25) is 0 Å². The molecule has 0 heterocycles. The number of halogens is 1. The Morgan fingerprint density at radius 3 is 2.77 bits per heavy atom. The van der Waals surface area contributed by atoms with Crippen LogP contribution >= 0.6 is 11.6 Å². The van der Waals surface area contributed by atoms with Crippen LogP contribution in [0.4, 0.5) is 0 Å². The van der Waals surface area contributed by atoms with Crippen LogP contribution in [0.15, 0.2) is 36.4 Å². The van der Waals surface area contributed by atoms with E-state index in [4.69, 9.17) is 11.6 Å². The molecule has 1 radical (unpaired) electrons. The zero-order valence-corrected chi connectivity index (χ0v) is 7.71. The maximum absolute atomic E-state index is 10.8. The molecule has 0 fully saturated rings. The maximum atomic E-state index is 10.8. The molecule has 2 rings (SSSR count). The quantitative estimate of drug-likeness (QED) is 0.658. The molecule has 0 aromatic heterocycles. The summed E-state index contributed by atoms with van der Waals surface area (Å²) in [5.74, 6) is 0. The second kappa shape index (κ2) is 3.36. The van der Waals surface area contributed by atoms with Crippen LogP contribution in [-0.2, 0) is 11.7 Å². The van der Waals surface area contributed by atoms with E-state index in [1.54, 1.807) is 0 Å². The molecule has 0 aliphatic rings. The average Bonchev–Trinajstić information content (AvgIpc) is 2.17. The number of hydrogen-bond donors (Lipinski definition) is 0. The molecule has 65 valence electrons.